The highest BCUT2D eigenvalue weighted by Crippen LogP contribution is 2.38. The van der Waals surface area contributed by atoms with E-state index in [1.165, 1.54) is 0 Å². The van der Waals surface area contributed by atoms with Gasteiger partial charge in [0.1, 0.15) is 11.9 Å². The lowest BCUT2D eigenvalue weighted by molar-refractivity contribution is -0.131. The molecule has 1 aromatic heterocycles. The summed E-state index contributed by atoms with van der Waals surface area (Å²) in [7, 11) is 0. The third-order valence-corrected chi connectivity index (χ3v) is 7.75. The second-order valence-corrected chi connectivity index (χ2v) is 10.2. The number of hydrogen-bond acceptors (Lipinski definition) is 4. The monoisotopic (exact) mass is 541 g/mol. The minimum Gasteiger partial charge on any atom is -0.368 e. The molecule has 1 aliphatic carbocycles. The van der Waals surface area contributed by atoms with E-state index in [9.17, 15) is 14.4 Å². The van der Waals surface area contributed by atoms with Crippen LogP contribution in [0.2, 0.25) is 0 Å². The van der Waals surface area contributed by atoms with E-state index in [0.29, 0.717) is 31.0 Å². The van der Waals surface area contributed by atoms with Gasteiger partial charge in [0.25, 0.3) is 0 Å². The Balaban J connectivity index is 1.51. The summed E-state index contributed by atoms with van der Waals surface area (Å²) in [5.74, 6) is -0.328. The predicted molar refractivity (Wildman–Crippen MR) is 156 cm³/mol. The van der Waals surface area contributed by atoms with Gasteiger partial charge in [-0.3, -0.25) is 14.5 Å². The predicted octanol–water partition coefficient (Wildman–Crippen LogP) is 5.17. The number of amides is 4. The number of nitrogens with zero attached hydrogens (tertiary/aromatic N) is 3. The van der Waals surface area contributed by atoms with E-state index in [4.69, 9.17) is 5.73 Å². The molecule has 0 saturated heterocycles. The Morgan fingerprint density at radius 1 is 0.925 bits per heavy atom. The number of primary amides is 1. The van der Waals surface area contributed by atoms with Crippen molar-refractivity contribution in [3.8, 4) is 0 Å². The molecule has 8 heteroatoms. The normalized spacial score (nSPS) is 17.4. The van der Waals surface area contributed by atoms with Gasteiger partial charge >= 0.3 is 6.03 Å². The number of urea groups is 1. The molecule has 3 atom stereocenters. The van der Waals surface area contributed by atoms with Crippen LogP contribution in [-0.4, -0.2) is 40.8 Å². The van der Waals surface area contributed by atoms with E-state index < -0.39 is 11.9 Å². The third kappa shape index (κ3) is 6.86. The SMILES string of the molecule is CCN(CC)C(=O)N(Cc1ccc([C@@H]2CCCC[C@H]2C(=O)N[C@H](C(N)=O)c2ccccc2)cc1)c1ccccn1. The van der Waals surface area contributed by atoms with E-state index in [2.05, 4.69) is 22.4 Å². The van der Waals surface area contributed by atoms with Crippen LogP contribution in [0.5, 0.6) is 0 Å². The molecule has 1 aliphatic rings. The van der Waals surface area contributed by atoms with Gasteiger partial charge < -0.3 is 16.0 Å². The number of rotatable bonds is 10. The first kappa shape index (κ1) is 28.8. The minimum atomic E-state index is -0.862. The van der Waals surface area contributed by atoms with Gasteiger partial charge in [0.2, 0.25) is 11.8 Å². The van der Waals surface area contributed by atoms with Crippen molar-refractivity contribution in [1.29, 1.82) is 0 Å². The maximum absolute atomic E-state index is 13.5. The number of anilines is 1. The number of nitrogens with two attached hydrogens (primary N) is 1. The number of nitrogens with one attached hydrogen (secondary N) is 1. The second kappa shape index (κ2) is 13.7. The van der Waals surface area contributed by atoms with Crippen molar-refractivity contribution in [1.82, 2.24) is 15.2 Å². The van der Waals surface area contributed by atoms with Crippen LogP contribution in [0.15, 0.2) is 79.0 Å². The molecular formula is C32H39N5O3. The molecule has 0 aliphatic heterocycles. The van der Waals surface area contributed by atoms with Crippen molar-refractivity contribution in [3.63, 3.8) is 0 Å². The Bertz CT molecular complexity index is 1260. The molecule has 8 nitrogen and oxygen atoms in total. The van der Waals surface area contributed by atoms with E-state index in [-0.39, 0.29) is 23.8 Å². The van der Waals surface area contributed by atoms with Crippen molar-refractivity contribution < 1.29 is 14.4 Å². The molecule has 3 aromatic rings. The zero-order valence-electron chi connectivity index (χ0n) is 23.3. The van der Waals surface area contributed by atoms with Crippen LogP contribution in [0, 0.1) is 5.92 Å². The molecule has 0 spiro atoms. The quantitative estimate of drug-likeness (QED) is 0.369. The van der Waals surface area contributed by atoms with E-state index in [1.54, 1.807) is 28.1 Å². The van der Waals surface area contributed by atoms with Crippen LogP contribution in [-0.2, 0) is 16.1 Å². The maximum Gasteiger partial charge on any atom is 0.325 e. The topological polar surface area (TPSA) is 109 Å². The molecule has 0 radical (unpaired) electrons. The highest BCUT2D eigenvalue weighted by atomic mass is 16.2. The number of benzene rings is 2. The summed E-state index contributed by atoms with van der Waals surface area (Å²) in [6.45, 7) is 5.55. The first-order chi connectivity index (χ1) is 19.4. The van der Waals surface area contributed by atoms with Crippen molar-refractivity contribution in [2.45, 2.75) is 58.0 Å². The lowest BCUT2D eigenvalue weighted by Gasteiger charge is -2.32. The molecule has 3 N–H and O–H groups in total. The molecule has 4 amide bonds. The molecular weight excluding hydrogens is 502 g/mol. The van der Waals surface area contributed by atoms with Crippen LogP contribution in [0.4, 0.5) is 10.6 Å². The lowest BCUT2D eigenvalue weighted by Crippen LogP contribution is -2.43. The fourth-order valence-corrected chi connectivity index (χ4v) is 5.53. The largest absolute Gasteiger partial charge is 0.368 e. The Kier molecular flexibility index (Phi) is 9.89. The first-order valence-corrected chi connectivity index (χ1v) is 14.1. The van der Waals surface area contributed by atoms with Crippen LogP contribution < -0.4 is 16.0 Å². The second-order valence-electron chi connectivity index (χ2n) is 10.2. The van der Waals surface area contributed by atoms with E-state index >= 15 is 0 Å². The molecule has 0 bridgehead atoms. The highest BCUT2D eigenvalue weighted by Gasteiger charge is 2.34. The number of carbonyl (C=O) groups is 3. The average Bonchev–Trinajstić information content (AvgIpc) is 3.00. The summed E-state index contributed by atoms with van der Waals surface area (Å²) in [5.41, 5.74) is 8.40. The Labute approximate surface area is 236 Å². The van der Waals surface area contributed by atoms with E-state index in [1.807, 2.05) is 62.4 Å². The molecule has 4 rings (SSSR count). The summed E-state index contributed by atoms with van der Waals surface area (Å²) in [6, 6.07) is 21.9. The van der Waals surface area contributed by atoms with Crippen molar-refractivity contribution in [3.05, 3.63) is 95.7 Å². The number of aromatic nitrogens is 1. The van der Waals surface area contributed by atoms with Crippen molar-refractivity contribution in [2.75, 3.05) is 18.0 Å². The first-order valence-electron chi connectivity index (χ1n) is 14.1. The zero-order chi connectivity index (χ0) is 28.5. The fourth-order valence-electron chi connectivity index (χ4n) is 5.53. The Morgan fingerprint density at radius 3 is 2.23 bits per heavy atom. The Morgan fingerprint density at radius 2 is 1.60 bits per heavy atom. The van der Waals surface area contributed by atoms with Crippen LogP contribution >= 0.6 is 0 Å². The summed E-state index contributed by atoms with van der Waals surface area (Å²) >= 11 is 0. The maximum atomic E-state index is 13.5. The molecule has 1 saturated carbocycles. The number of carbonyl (C=O) groups excluding carboxylic acids is 3. The molecule has 40 heavy (non-hydrogen) atoms. The minimum absolute atomic E-state index is 0.0382. The molecule has 1 heterocycles. The van der Waals surface area contributed by atoms with Gasteiger partial charge in [-0.05, 0) is 61.4 Å². The zero-order valence-corrected chi connectivity index (χ0v) is 23.3. The van der Waals surface area contributed by atoms with Crippen molar-refractivity contribution >= 4 is 23.7 Å². The Hall–Kier alpha value is -4.20. The van der Waals surface area contributed by atoms with Gasteiger partial charge in [0, 0.05) is 25.2 Å². The smallest absolute Gasteiger partial charge is 0.325 e. The van der Waals surface area contributed by atoms with Crippen molar-refractivity contribution in [2.24, 2.45) is 11.7 Å². The van der Waals surface area contributed by atoms with Crippen LogP contribution in [0.3, 0.4) is 0 Å². The molecule has 1 fully saturated rings. The summed E-state index contributed by atoms with van der Waals surface area (Å²) in [6.07, 6.45) is 5.34. The highest BCUT2D eigenvalue weighted by molar-refractivity contribution is 5.91. The molecule has 210 valence electrons. The number of hydrogen-bond donors (Lipinski definition) is 2. The lowest BCUT2D eigenvalue weighted by atomic mass is 9.74. The van der Waals surface area contributed by atoms with Crippen LogP contribution in [0.1, 0.15) is 68.2 Å². The van der Waals surface area contributed by atoms with E-state index in [0.717, 1.165) is 36.8 Å². The van der Waals surface area contributed by atoms with Gasteiger partial charge in [-0.2, -0.15) is 0 Å². The molecule has 0 unspecified atom stereocenters. The number of pyridine rings is 1. The summed E-state index contributed by atoms with van der Waals surface area (Å²) in [4.78, 5) is 46.9. The average molecular weight is 542 g/mol. The summed E-state index contributed by atoms with van der Waals surface area (Å²) in [5, 5.41) is 2.92. The summed E-state index contributed by atoms with van der Waals surface area (Å²) < 4.78 is 0. The standard InChI is InChI=1S/C32H39N5O3/c1-3-36(4-2)32(40)37(28-16-10-11-21-34-28)22-23-17-19-24(20-18-23)26-14-8-9-15-27(26)31(39)35-29(30(33)38)25-12-6-5-7-13-25/h5-7,10-13,16-21,26-27,29H,3-4,8-9,14-15,22H2,1-2H3,(H2,33,38)(H,35,39)/t26-,27+,29-/m0/s1. The van der Waals surface area contributed by atoms with Gasteiger partial charge in [-0.1, -0.05) is 73.5 Å². The van der Waals surface area contributed by atoms with Gasteiger partial charge in [-0.25, -0.2) is 9.78 Å². The van der Waals surface area contributed by atoms with Gasteiger partial charge in [-0.15, -0.1) is 0 Å². The van der Waals surface area contributed by atoms with Gasteiger partial charge in [0.15, 0.2) is 0 Å². The van der Waals surface area contributed by atoms with Crippen LogP contribution in [0.25, 0.3) is 0 Å². The fraction of sp³-hybridized carbons (Fsp3) is 0.375. The third-order valence-electron chi connectivity index (χ3n) is 7.75. The van der Waals surface area contributed by atoms with Gasteiger partial charge in [0.05, 0.1) is 6.54 Å². The molecule has 2 aromatic carbocycles.